The first-order chi connectivity index (χ1) is 10.3. The summed E-state index contributed by atoms with van der Waals surface area (Å²) in [5, 5.41) is 0. The molecule has 3 fully saturated rings. The molecule has 2 saturated heterocycles. The standard InChI is InChI=1S/C17H32N2O2/c18-9-4-10-19(15-5-2-1-3-6-15)16-7-11-21-17(13-16)8-12-20-14-17/h15-16H,1-14,18H2. The van der Waals surface area contributed by atoms with Crippen molar-refractivity contribution in [1.29, 1.82) is 0 Å². The topological polar surface area (TPSA) is 47.7 Å². The first kappa shape index (κ1) is 15.7. The number of hydrogen-bond donors (Lipinski definition) is 1. The maximum absolute atomic E-state index is 6.12. The van der Waals surface area contributed by atoms with Crippen molar-refractivity contribution in [2.75, 3.05) is 32.9 Å². The van der Waals surface area contributed by atoms with Gasteiger partial charge in [0, 0.05) is 31.7 Å². The van der Waals surface area contributed by atoms with Gasteiger partial charge < -0.3 is 15.2 Å². The molecule has 1 saturated carbocycles. The van der Waals surface area contributed by atoms with E-state index in [9.17, 15) is 0 Å². The summed E-state index contributed by atoms with van der Waals surface area (Å²) < 4.78 is 11.8. The average molecular weight is 296 g/mol. The molecule has 2 N–H and O–H groups in total. The average Bonchev–Trinajstić information content (AvgIpc) is 2.97. The molecule has 122 valence electrons. The van der Waals surface area contributed by atoms with Crippen LogP contribution in [-0.2, 0) is 9.47 Å². The van der Waals surface area contributed by atoms with Crippen molar-refractivity contribution in [3.63, 3.8) is 0 Å². The minimum atomic E-state index is 0.0263. The van der Waals surface area contributed by atoms with Gasteiger partial charge in [0.15, 0.2) is 0 Å². The molecule has 2 aliphatic heterocycles. The van der Waals surface area contributed by atoms with Gasteiger partial charge in [-0.25, -0.2) is 0 Å². The van der Waals surface area contributed by atoms with Crippen LogP contribution in [0, 0.1) is 0 Å². The van der Waals surface area contributed by atoms with Crippen LogP contribution in [0.4, 0.5) is 0 Å². The van der Waals surface area contributed by atoms with Crippen molar-refractivity contribution in [3.8, 4) is 0 Å². The third kappa shape index (κ3) is 3.79. The number of nitrogens with zero attached hydrogens (tertiary/aromatic N) is 1. The quantitative estimate of drug-likeness (QED) is 0.846. The van der Waals surface area contributed by atoms with Crippen molar-refractivity contribution in [3.05, 3.63) is 0 Å². The number of rotatable bonds is 5. The lowest BCUT2D eigenvalue weighted by atomic mass is 9.86. The van der Waals surface area contributed by atoms with E-state index in [4.69, 9.17) is 15.2 Å². The third-order valence-corrected chi connectivity index (χ3v) is 5.67. The molecule has 0 aromatic rings. The number of hydrogen-bond acceptors (Lipinski definition) is 4. The summed E-state index contributed by atoms with van der Waals surface area (Å²) in [4.78, 5) is 2.80. The zero-order valence-electron chi connectivity index (χ0n) is 13.4. The Bertz CT molecular complexity index is 312. The fourth-order valence-electron chi connectivity index (χ4n) is 4.50. The summed E-state index contributed by atoms with van der Waals surface area (Å²) in [5.74, 6) is 0. The summed E-state index contributed by atoms with van der Waals surface area (Å²) in [6.45, 7) is 4.56. The highest BCUT2D eigenvalue weighted by molar-refractivity contribution is 4.95. The lowest BCUT2D eigenvalue weighted by molar-refractivity contribution is -0.112. The normalized spacial score (nSPS) is 34.9. The number of ether oxygens (including phenoxy) is 2. The Kier molecular flexibility index (Phi) is 5.54. The Morgan fingerprint density at radius 1 is 1.05 bits per heavy atom. The van der Waals surface area contributed by atoms with Gasteiger partial charge in [-0.15, -0.1) is 0 Å². The fraction of sp³-hybridized carbons (Fsp3) is 1.00. The fourth-order valence-corrected chi connectivity index (χ4v) is 4.50. The monoisotopic (exact) mass is 296 g/mol. The van der Waals surface area contributed by atoms with Crippen LogP contribution in [0.25, 0.3) is 0 Å². The zero-order valence-corrected chi connectivity index (χ0v) is 13.4. The molecule has 3 rings (SSSR count). The molecule has 2 unspecified atom stereocenters. The minimum Gasteiger partial charge on any atom is -0.378 e. The highest BCUT2D eigenvalue weighted by Crippen LogP contribution is 2.37. The first-order valence-electron chi connectivity index (χ1n) is 9.00. The molecule has 2 atom stereocenters. The van der Waals surface area contributed by atoms with Crippen molar-refractivity contribution in [2.45, 2.75) is 75.5 Å². The van der Waals surface area contributed by atoms with Gasteiger partial charge in [0.05, 0.1) is 12.2 Å². The van der Waals surface area contributed by atoms with Crippen LogP contribution in [-0.4, -0.2) is 55.5 Å². The van der Waals surface area contributed by atoms with E-state index >= 15 is 0 Å². The second-order valence-corrected chi connectivity index (χ2v) is 7.15. The highest BCUT2D eigenvalue weighted by Gasteiger charge is 2.43. The van der Waals surface area contributed by atoms with Crippen LogP contribution in [0.1, 0.15) is 57.8 Å². The molecule has 21 heavy (non-hydrogen) atoms. The molecule has 0 bridgehead atoms. The summed E-state index contributed by atoms with van der Waals surface area (Å²) >= 11 is 0. The highest BCUT2D eigenvalue weighted by atomic mass is 16.6. The molecule has 0 aromatic heterocycles. The maximum Gasteiger partial charge on any atom is 0.0951 e. The Balaban J connectivity index is 1.65. The predicted octanol–water partition coefficient (Wildman–Crippen LogP) is 2.31. The molecule has 3 aliphatic rings. The van der Waals surface area contributed by atoms with Gasteiger partial charge in [0.2, 0.25) is 0 Å². The Labute approximate surface area is 129 Å². The summed E-state index contributed by atoms with van der Waals surface area (Å²) in [5.41, 5.74) is 5.81. The minimum absolute atomic E-state index is 0.0263. The van der Waals surface area contributed by atoms with E-state index in [-0.39, 0.29) is 5.60 Å². The second kappa shape index (κ2) is 7.40. The molecule has 1 spiro atoms. The molecule has 4 heteroatoms. The van der Waals surface area contributed by atoms with Crippen LogP contribution in [0.5, 0.6) is 0 Å². The van der Waals surface area contributed by atoms with Crippen LogP contribution < -0.4 is 5.73 Å². The maximum atomic E-state index is 6.12. The smallest absolute Gasteiger partial charge is 0.0951 e. The van der Waals surface area contributed by atoms with E-state index in [2.05, 4.69) is 4.90 Å². The second-order valence-electron chi connectivity index (χ2n) is 7.15. The number of nitrogens with two attached hydrogens (primary N) is 1. The summed E-state index contributed by atoms with van der Waals surface area (Å²) in [6, 6.07) is 1.46. The molecule has 0 aromatic carbocycles. The van der Waals surface area contributed by atoms with E-state index in [1.54, 1.807) is 0 Å². The zero-order chi connectivity index (χ0) is 14.5. The van der Waals surface area contributed by atoms with Gasteiger partial charge in [0.1, 0.15) is 0 Å². The summed E-state index contributed by atoms with van der Waals surface area (Å²) in [6.07, 6.45) is 11.5. The lowest BCUT2D eigenvalue weighted by Gasteiger charge is -2.46. The Morgan fingerprint density at radius 3 is 2.62 bits per heavy atom. The Hall–Kier alpha value is -0.160. The largest absolute Gasteiger partial charge is 0.378 e. The van der Waals surface area contributed by atoms with Gasteiger partial charge in [-0.2, -0.15) is 0 Å². The first-order valence-corrected chi connectivity index (χ1v) is 9.00. The molecule has 1 aliphatic carbocycles. The predicted molar refractivity (Wildman–Crippen MR) is 84.4 cm³/mol. The van der Waals surface area contributed by atoms with Crippen LogP contribution >= 0.6 is 0 Å². The molecular weight excluding hydrogens is 264 g/mol. The van der Waals surface area contributed by atoms with Crippen molar-refractivity contribution < 1.29 is 9.47 Å². The lowest BCUT2D eigenvalue weighted by Crippen LogP contribution is -2.53. The van der Waals surface area contributed by atoms with E-state index in [1.165, 1.54) is 45.1 Å². The molecule has 4 nitrogen and oxygen atoms in total. The van der Waals surface area contributed by atoms with E-state index in [0.29, 0.717) is 6.04 Å². The van der Waals surface area contributed by atoms with Crippen LogP contribution in [0.3, 0.4) is 0 Å². The van der Waals surface area contributed by atoms with Gasteiger partial charge in [-0.1, -0.05) is 19.3 Å². The van der Waals surface area contributed by atoms with E-state index in [1.807, 2.05) is 0 Å². The van der Waals surface area contributed by atoms with Crippen LogP contribution in [0.15, 0.2) is 0 Å². The van der Waals surface area contributed by atoms with E-state index in [0.717, 1.165) is 51.7 Å². The van der Waals surface area contributed by atoms with Gasteiger partial charge in [-0.3, -0.25) is 4.90 Å². The van der Waals surface area contributed by atoms with Crippen molar-refractivity contribution in [2.24, 2.45) is 5.73 Å². The van der Waals surface area contributed by atoms with Gasteiger partial charge in [-0.05, 0) is 45.2 Å². The van der Waals surface area contributed by atoms with Crippen LogP contribution in [0.2, 0.25) is 0 Å². The molecular formula is C17H32N2O2. The molecule has 2 heterocycles. The third-order valence-electron chi connectivity index (χ3n) is 5.67. The van der Waals surface area contributed by atoms with Gasteiger partial charge in [0.25, 0.3) is 0 Å². The molecule has 0 amide bonds. The summed E-state index contributed by atoms with van der Waals surface area (Å²) in [7, 11) is 0. The van der Waals surface area contributed by atoms with E-state index < -0.39 is 0 Å². The van der Waals surface area contributed by atoms with Crippen molar-refractivity contribution in [1.82, 2.24) is 4.90 Å². The Morgan fingerprint density at radius 2 is 1.90 bits per heavy atom. The SMILES string of the molecule is NCCCN(C1CCCCC1)C1CCOC2(CCOC2)C1. The van der Waals surface area contributed by atoms with Crippen molar-refractivity contribution >= 4 is 0 Å². The molecule has 0 radical (unpaired) electrons. The van der Waals surface area contributed by atoms with Gasteiger partial charge >= 0.3 is 0 Å².